The Bertz CT molecular complexity index is 407. The summed E-state index contributed by atoms with van der Waals surface area (Å²) in [6, 6.07) is 6.78. The predicted octanol–water partition coefficient (Wildman–Crippen LogP) is 1.37. The van der Waals surface area contributed by atoms with Gasteiger partial charge >= 0.3 is 5.97 Å². The smallest absolute Gasteiger partial charge is 0.337 e. The van der Waals surface area contributed by atoms with E-state index in [1.165, 1.54) is 7.11 Å². The van der Waals surface area contributed by atoms with Crippen molar-refractivity contribution in [2.75, 3.05) is 7.11 Å². The number of carbonyl (C=O) groups is 2. The van der Waals surface area contributed by atoms with Gasteiger partial charge in [-0.3, -0.25) is 4.79 Å². The van der Waals surface area contributed by atoms with Crippen molar-refractivity contribution in [1.29, 1.82) is 0 Å². The second-order valence-corrected chi connectivity index (χ2v) is 3.82. The maximum atomic E-state index is 11.6. The SMILES string of the molecule is COC(=O)c1ccc(C(=O)NC2CC2)cc1. The van der Waals surface area contributed by atoms with Crippen LogP contribution >= 0.6 is 0 Å². The molecule has 1 saturated carbocycles. The molecule has 0 aromatic heterocycles. The molecule has 0 spiro atoms. The van der Waals surface area contributed by atoms with E-state index in [1.807, 2.05) is 0 Å². The number of methoxy groups -OCH3 is 1. The Kier molecular flexibility index (Phi) is 2.90. The van der Waals surface area contributed by atoms with Crippen molar-refractivity contribution in [3.05, 3.63) is 35.4 Å². The third kappa shape index (κ3) is 2.39. The number of amides is 1. The fraction of sp³-hybridized carbons (Fsp3) is 0.333. The largest absolute Gasteiger partial charge is 0.465 e. The van der Waals surface area contributed by atoms with Crippen LogP contribution in [0.25, 0.3) is 0 Å². The average Bonchev–Trinajstić information content (AvgIpc) is 3.12. The molecular formula is C12H13NO3. The summed E-state index contributed by atoms with van der Waals surface area (Å²) in [5, 5.41) is 2.88. The summed E-state index contributed by atoms with van der Waals surface area (Å²) in [5.74, 6) is -0.479. The van der Waals surface area contributed by atoms with Crippen LogP contribution in [0.2, 0.25) is 0 Å². The van der Waals surface area contributed by atoms with Crippen molar-refractivity contribution < 1.29 is 14.3 Å². The molecule has 1 aliphatic rings. The molecule has 0 bridgehead atoms. The van der Waals surface area contributed by atoms with Gasteiger partial charge in [0.05, 0.1) is 12.7 Å². The molecule has 1 aromatic rings. The molecule has 4 heteroatoms. The Balaban J connectivity index is 2.05. The molecule has 1 aromatic carbocycles. The molecule has 1 amide bonds. The Labute approximate surface area is 93.6 Å². The second-order valence-electron chi connectivity index (χ2n) is 3.82. The normalized spacial score (nSPS) is 14.3. The van der Waals surface area contributed by atoms with Crippen molar-refractivity contribution >= 4 is 11.9 Å². The zero-order valence-electron chi connectivity index (χ0n) is 9.03. The van der Waals surface area contributed by atoms with Gasteiger partial charge in [-0.25, -0.2) is 4.79 Å². The summed E-state index contributed by atoms with van der Waals surface area (Å²) in [6.07, 6.45) is 2.12. The van der Waals surface area contributed by atoms with E-state index in [2.05, 4.69) is 10.1 Å². The molecule has 4 nitrogen and oxygen atoms in total. The number of carbonyl (C=O) groups excluding carboxylic acids is 2. The van der Waals surface area contributed by atoms with Gasteiger partial charge in [0.25, 0.3) is 5.91 Å². The molecule has 0 atom stereocenters. The summed E-state index contributed by atoms with van der Waals surface area (Å²) in [5.41, 5.74) is 1.02. The molecule has 16 heavy (non-hydrogen) atoms. The molecular weight excluding hydrogens is 206 g/mol. The lowest BCUT2D eigenvalue weighted by atomic mass is 10.1. The number of rotatable bonds is 3. The summed E-state index contributed by atoms with van der Waals surface area (Å²) in [6.45, 7) is 0. The molecule has 1 fully saturated rings. The number of nitrogens with one attached hydrogen (secondary N) is 1. The van der Waals surface area contributed by atoms with Gasteiger partial charge in [0.2, 0.25) is 0 Å². The van der Waals surface area contributed by atoms with Gasteiger partial charge in [-0.05, 0) is 37.1 Å². The lowest BCUT2D eigenvalue weighted by Gasteiger charge is -2.04. The minimum absolute atomic E-state index is 0.0843. The molecule has 0 aliphatic heterocycles. The van der Waals surface area contributed by atoms with Gasteiger partial charge in [0.15, 0.2) is 0 Å². The predicted molar refractivity (Wildman–Crippen MR) is 58.3 cm³/mol. The minimum atomic E-state index is -0.394. The minimum Gasteiger partial charge on any atom is -0.465 e. The van der Waals surface area contributed by atoms with Gasteiger partial charge in [-0.1, -0.05) is 0 Å². The Hall–Kier alpha value is -1.84. The van der Waals surface area contributed by atoms with Crippen molar-refractivity contribution in [3.8, 4) is 0 Å². The first-order valence-corrected chi connectivity index (χ1v) is 5.20. The van der Waals surface area contributed by atoms with Gasteiger partial charge in [-0.15, -0.1) is 0 Å². The highest BCUT2D eigenvalue weighted by atomic mass is 16.5. The summed E-state index contributed by atoms with van der Waals surface area (Å²) in [4.78, 5) is 22.8. The zero-order valence-corrected chi connectivity index (χ0v) is 9.03. The molecule has 2 rings (SSSR count). The zero-order chi connectivity index (χ0) is 11.5. The lowest BCUT2D eigenvalue weighted by Crippen LogP contribution is -2.25. The molecule has 0 heterocycles. The van der Waals surface area contributed by atoms with Crippen molar-refractivity contribution in [2.45, 2.75) is 18.9 Å². The summed E-state index contributed by atoms with van der Waals surface area (Å²) in [7, 11) is 1.33. The maximum absolute atomic E-state index is 11.6. The van der Waals surface area contributed by atoms with E-state index in [0.29, 0.717) is 17.2 Å². The molecule has 0 unspecified atom stereocenters. The molecule has 1 aliphatic carbocycles. The third-order valence-corrected chi connectivity index (χ3v) is 2.48. The van der Waals surface area contributed by atoms with E-state index in [9.17, 15) is 9.59 Å². The third-order valence-electron chi connectivity index (χ3n) is 2.48. The Morgan fingerprint density at radius 3 is 2.25 bits per heavy atom. The monoisotopic (exact) mass is 219 g/mol. The van der Waals surface area contributed by atoms with E-state index < -0.39 is 5.97 Å². The van der Waals surface area contributed by atoms with E-state index in [0.717, 1.165) is 12.8 Å². The number of benzene rings is 1. The number of ether oxygens (including phenoxy) is 1. The average molecular weight is 219 g/mol. The Morgan fingerprint density at radius 1 is 1.19 bits per heavy atom. The maximum Gasteiger partial charge on any atom is 0.337 e. The van der Waals surface area contributed by atoms with Crippen LogP contribution in [0.5, 0.6) is 0 Å². The van der Waals surface area contributed by atoms with Crippen molar-refractivity contribution in [3.63, 3.8) is 0 Å². The summed E-state index contributed by atoms with van der Waals surface area (Å²) >= 11 is 0. The van der Waals surface area contributed by atoms with Crippen LogP contribution in [0, 0.1) is 0 Å². The van der Waals surface area contributed by atoms with Gasteiger partial charge < -0.3 is 10.1 Å². The van der Waals surface area contributed by atoms with Crippen LogP contribution in [0.3, 0.4) is 0 Å². The lowest BCUT2D eigenvalue weighted by molar-refractivity contribution is 0.0600. The highest BCUT2D eigenvalue weighted by Crippen LogP contribution is 2.19. The standard InChI is InChI=1S/C12H13NO3/c1-16-12(15)9-4-2-8(3-5-9)11(14)13-10-6-7-10/h2-5,10H,6-7H2,1H3,(H,13,14). The van der Waals surface area contributed by atoms with E-state index in [-0.39, 0.29) is 5.91 Å². The molecule has 84 valence electrons. The van der Waals surface area contributed by atoms with Crippen molar-refractivity contribution in [1.82, 2.24) is 5.32 Å². The number of hydrogen-bond acceptors (Lipinski definition) is 3. The van der Waals surface area contributed by atoms with Crippen LogP contribution in [0.4, 0.5) is 0 Å². The van der Waals surface area contributed by atoms with Crippen molar-refractivity contribution in [2.24, 2.45) is 0 Å². The van der Waals surface area contributed by atoms with Gasteiger partial charge in [0, 0.05) is 11.6 Å². The molecule has 0 saturated heterocycles. The van der Waals surface area contributed by atoms with Crippen LogP contribution < -0.4 is 5.32 Å². The first kappa shape index (κ1) is 10.7. The number of hydrogen-bond donors (Lipinski definition) is 1. The Morgan fingerprint density at radius 2 is 1.75 bits per heavy atom. The first-order valence-electron chi connectivity index (χ1n) is 5.20. The molecule has 0 radical (unpaired) electrons. The highest BCUT2D eigenvalue weighted by molar-refractivity contribution is 5.96. The summed E-state index contributed by atoms with van der Waals surface area (Å²) < 4.78 is 4.57. The topological polar surface area (TPSA) is 55.4 Å². The fourth-order valence-corrected chi connectivity index (χ4v) is 1.37. The van der Waals surface area contributed by atoms with Gasteiger partial charge in [0.1, 0.15) is 0 Å². The van der Waals surface area contributed by atoms with Crippen LogP contribution in [-0.4, -0.2) is 25.0 Å². The van der Waals surface area contributed by atoms with E-state index in [4.69, 9.17) is 0 Å². The number of esters is 1. The molecule has 1 N–H and O–H groups in total. The quantitative estimate of drug-likeness (QED) is 0.781. The van der Waals surface area contributed by atoms with Crippen LogP contribution in [0.1, 0.15) is 33.6 Å². The van der Waals surface area contributed by atoms with Crippen LogP contribution in [-0.2, 0) is 4.74 Å². The van der Waals surface area contributed by atoms with E-state index >= 15 is 0 Å². The second kappa shape index (κ2) is 4.35. The van der Waals surface area contributed by atoms with E-state index in [1.54, 1.807) is 24.3 Å². The van der Waals surface area contributed by atoms with Crippen LogP contribution in [0.15, 0.2) is 24.3 Å². The first-order chi connectivity index (χ1) is 7.70. The fourth-order valence-electron chi connectivity index (χ4n) is 1.37. The van der Waals surface area contributed by atoms with Gasteiger partial charge in [-0.2, -0.15) is 0 Å². The highest BCUT2D eigenvalue weighted by Gasteiger charge is 2.23.